The topological polar surface area (TPSA) is 111 Å². The number of nitrogens with one attached hydrogen (secondary N) is 2. The third kappa shape index (κ3) is 6.63. The van der Waals surface area contributed by atoms with Crippen LogP contribution >= 0.6 is 11.6 Å². The van der Waals surface area contributed by atoms with E-state index in [1.807, 2.05) is 55.5 Å². The molecule has 270 valence electrons. The molecular weight excluding hydrogens is 687 g/mol. The third-order valence-electron chi connectivity index (χ3n) is 11.4. The summed E-state index contributed by atoms with van der Waals surface area (Å²) in [5.41, 5.74) is 2.67. The number of amides is 3. The Labute approximate surface area is 304 Å². The lowest BCUT2D eigenvalue weighted by Gasteiger charge is -2.37. The van der Waals surface area contributed by atoms with E-state index in [9.17, 15) is 19.5 Å². The average molecular weight is 733 g/mol. The molecule has 2 saturated heterocycles. The van der Waals surface area contributed by atoms with Crippen molar-refractivity contribution >= 4 is 49.1 Å². The SMILES string of the molecule is C[C@H]1[C@H]([Si](C)(C)F)[C@@H](CC(=O)N2Cc3ccccc3C[C@H]2CO)O[C@]12C(=O)N(Cc1ccc(NC(=O)C3CCCNC3)cc1)c1ccc(Cl)cc12. The Morgan fingerprint density at radius 3 is 2.55 bits per heavy atom. The first-order valence-corrected chi connectivity index (χ1v) is 21.3. The Morgan fingerprint density at radius 2 is 1.86 bits per heavy atom. The lowest BCUT2D eigenvalue weighted by atomic mass is 9.82. The maximum absolute atomic E-state index is 16.4. The Kier molecular flexibility index (Phi) is 9.88. The van der Waals surface area contributed by atoms with Gasteiger partial charge < -0.3 is 34.4 Å². The molecule has 0 bridgehead atoms. The number of fused-ring (bicyclic) bond motifs is 3. The molecule has 0 radical (unpaired) electrons. The predicted octanol–water partition coefficient (Wildman–Crippen LogP) is 5.94. The standard InChI is InChI=1S/C39H46ClFN4O5Si/c1-24-36(51(2,3)41)34(19-35(47)44-22-28-8-5-4-7-26(28)17-31(44)23-46)50-39(24)32-18-29(40)12-15-33(32)45(38(39)49)21-25-10-13-30(14-11-25)43-37(48)27-9-6-16-42-20-27/h4-5,7-8,10-15,18,24,27,31,34,36,42,46H,6,9,16-17,19-23H2,1-3H3,(H,43,48)/t24-,27?,31-,34+,36-,39+/m0/s1. The fourth-order valence-electron chi connectivity index (χ4n) is 8.90. The van der Waals surface area contributed by atoms with E-state index in [-0.39, 0.29) is 43.2 Å². The molecule has 3 N–H and O–H groups in total. The van der Waals surface area contributed by atoms with Crippen LogP contribution in [0.3, 0.4) is 0 Å². The van der Waals surface area contributed by atoms with Gasteiger partial charge in [0.1, 0.15) is 0 Å². The largest absolute Gasteiger partial charge is 0.394 e. The van der Waals surface area contributed by atoms with E-state index in [0.29, 0.717) is 41.5 Å². The first kappa shape index (κ1) is 35.8. The van der Waals surface area contributed by atoms with Gasteiger partial charge in [-0.15, -0.1) is 0 Å². The minimum Gasteiger partial charge on any atom is -0.394 e. The molecule has 4 aliphatic heterocycles. The van der Waals surface area contributed by atoms with E-state index in [0.717, 1.165) is 36.1 Å². The number of benzene rings is 3. The highest BCUT2D eigenvalue weighted by atomic mass is 35.5. The second-order valence-electron chi connectivity index (χ2n) is 15.1. The molecule has 4 heterocycles. The summed E-state index contributed by atoms with van der Waals surface area (Å²) >= 11 is 6.55. The molecule has 3 amide bonds. The van der Waals surface area contributed by atoms with Crippen LogP contribution in [0.2, 0.25) is 23.7 Å². The lowest BCUT2D eigenvalue weighted by molar-refractivity contribution is -0.151. The minimum absolute atomic E-state index is 0.0105. The van der Waals surface area contributed by atoms with Crippen molar-refractivity contribution in [1.29, 1.82) is 0 Å². The first-order valence-electron chi connectivity index (χ1n) is 18.0. The summed E-state index contributed by atoms with van der Waals surface area (Å²) in [4.78, 5) is 45.0. The zero-order chi connectivity index (χ0) is 36.1. The molecule has 6 atom stereocenters. The number of hydrogen-bond acceptors (Lipinski definition) is 6. The number of ether oxygens (including phenoxy) is 1. The second-order valence-corrected chi connectivity index (χ2v) is 19.3. The van der Waals surface area contributed by atoms with Gasteiger partial charge in [0.05, 0.1) is 43.3 Å². The van der Waals surface area contributed by atoms with Gasteiger partial charge >= 0.3 is 0 Å². The van der Waals surface area contributed by atoms with Crippen LogP contribution in [0.1, 0.15) is 48.4 Å². The summed E-state index contributed by atoms with van der Waals surface area (Å²) in [5, 5.41) is 17.0. The van der Waals surface area contributed by atoms with Gasteiger partial charge in [-0.25, -0.2) is 0 Å². The number of rotatable bonds is 8. The van der Waals surface area contributed by atoms with Gasteiger partial charge in [0.15, 0.2) is 5.60 Å². The molecule has 7 rings (SSSR count). The monoisotopic (exact) mass is 732 g/mol. The molecule has 12 heteroatoms. The summed E-state index contributed by atoms with van der Waals surface area (Å²) in [5.74, 6) is -1.21. The molecule has 9 nitrogen and oxygen atoms in total. The Balaban J connectivity index is 1.15. The minimum atomic E-state index is -3.52. The number of nitrogens with zero attached hydrogens (tertiary/aromatic N) is 2. The van der Waals surface area contributed by atoms with Gasteiger partial charge in [-0.05, 0) is 85.9 Å². The summed E-state index contributed by atoms with van der Waals surface area (Å²) in [6, 6.07) is 20.2. The van der Waals surface area contributed by atoms with Crippen molar-refractivity contribution in [3.05, 3.63) is 94.0 Å². The van der Waals surface area contributed by atoms with Crippen molar-refractivity contribution in [2.45, 2.75) is 82.1 Å². The van der Waals surface area contributed by atoms with Crippen molar-refractivity contribution in [2.24, 2.45) is 11.8 Å². The predicted molar refractivity (Wildman–Crippen MR) is 198 cm³/mol. The number of piperidine rings is 1. The molecule has 0 aromatic heterocycles. The molecule has 1 unspecified atom stereocenters. The Bertz CT molecular complexity index is 1820. The maximum Gasteiger partial charge on any atom is 0.264 e. The van der Waals surface area contributed by atoms with Crippen LogP contribution in [0.25, 0.3) is 0 Å². The van der Waals surface area contributed by atoms with E-state index in [4.69, 9.17) is 16.3 Å². The fourth-order valence-corrected chi connectivity index (χ4v) is 11.6. The van der Waals surface area contributed by atoms with E-state index in [1.165, 1.54) is 0 Å². The zero-order valence-corrected chi connectivity index (χ0v) is 31.1. The van der Waals surface area contributed by atoms with E-state index in [2.05, 4.69) is 10.6 Å². The number of carbonyl (C=O) groups excluding carboxylic acids is 3. The molecule has 2 fully saturated rings. The number of carbonyl (C=O) groups is 3. The second kappa shape index (κ2) is 14.1. The fraction of sp³-hybridized carbons (Fsp3) is 0.462. The summed E-state index contributed by atoms with van der Waals surface area (Å²) in [7, 11) is -3.52. The van der Waals surface area contributed by atoms with Crippen LogP contribution in [-0.4, -0.2) is 68.0 Å². The highest BCUT2D eigenvalue weighted by Gasteiger charge is 2.67. The van der Waals surface area contributed by atoms with Gasteiger partial charge in [-0.3, -0.25) is 14.4 Å². The molecule has 51 heavy (non-hydrogen) atoms. The molecular formula is C39H46ClFN4O5Si. The van der Waals surface area contributed by atoms with E-state index in [1.54, 1.807) is 41.1 Å². The van der Waals surface area contributed by atoms with E-state index >= 15 is 4.11 Å². The van der Waals surface area contributed by atoms with Gasteiger partial charge in [0, 0.05) is 40.8 Å². The smallest absolute Gasteiger partial charge is 0.264 e. The first-order chi connectivity index (χ1) is 24.4. The molecule has 1 spiro atoms. The van der Waals surface area contributed by atoms with Crippen molar-refractivity contribution in [3.63, 3.8) is 0 Å². The third-order valence-corrected chi connectivity index (χ3v) is 14.1. The van der Waals surface area contributed by atoms with Crippen LogP contribution in [0.4, 0.5) is 15.5 Å². The van der Waals surface area contributed by atoms with Crippen LogP contribution in [0, 0.1) is 11.8 Å². The van der Waals surface area contributed by atoms with Gasteiger partial charge in [0.25, 0.3) is 5.91 Å². The zero-order valence-electron chi connectivity index (χ0n) is 29.3. The number of anilines is 2. The van der Waals surface area contributed by atoms with Crippen LogP contribution in [-0.2, 0) is 44.2 Å². The summed E-state index contributed by atoms with van der Waals surface area (Å²) in [6.45, 7) is 7.07. The van der Waals surface area contributed by atoms with Crippen LogP contribution in [0.5, 0.6) is 0 Å². The number of aliphatic hydroxyl groups excluding tert-OH is 1. The van der Waals surface area contributed by atoms with Gasteiger partial charge in [-0.1, -0.05) is 54.9 Å². The molecule has 3 aromatic rings. The van der Waals surface area contributed by atoms with Crippen molar-refractivity contribution in [3.8, 4) is 0 Å². The van der Waals surface area contributed by atoms with Gasteiger partial charge in [-0.2, -0.15) is 0 Å². The molecule has 3 aromatic carbocycles. The molecule has 4 aliphatic rings. The number of hydrogen-bond donors (Lipinski definition) is 3. The Hall–Kier alpha value is -3.61. The maximum atomic E-state index is 16.4. The summed E-state index contributed by atoms with van der Waals surface area (Å²) < 4.78 is 23.3. The highest BCUT2D eigenvalue weighted by molar-refractivity contribution is 6.72. The van der Waals surface area contributed by atoms with Crippen molar-refractivity contribution in [2.75, 3.05) is 29.9 Å². The average Bonchev–Trinajstić information content (AvgIpc) is 3.54. The van der Waals surface area contributed by atoms with Crippen LogP contribution < -0.4 is 15.5 Å². The molecule has 0 aliphatic carbocycles. The van der Waals surface area contributed by atoms with E-state index < -0.39 is 37.6 Å². The number of aliphatic hydroxyl groups is 1. The summed E-state index contributed by atoms with van der Waals surface area (Å²) in [6.07, 6.45) is 1.39. The normalized spacial score (nSPS) is 27.4. The highest BCUT2D eigenvalue weighted by Crippen LogP contribution is 2.60. The Morgan fingerprint density at radius 1 is 1.12 bits per heavy atom. The number of halogens is 2. The van der Waals surface area contributed by atoms with Crippen LogP contribution in [0.15, 0.2) is 66.7 Å². The lowest BCUT2D eigenvalue weighted by Crippen LogP contribution is -2.48. The van der Waals surface area contributed by atoms with Crippen molar-refractivity contribution in [1.82, 2.24) is 10.2 Å². The molecule has 0 saturated carbocycles. The van der Waals surface area contributed by atoms with Crippen molar-refractivity contribution < 1.29 is 28.3 Å². The quantitative estimate of drug-likeness (QED) is 0.196. The van der Waals surface area contributed by atoms with Gasteiger partial charge in [0.2, 0.25) is 20.2 Å².